The number of rotatable bonds is 8. The summed E-state index contributed by atoms with van der Waals surface area (Å²) < 4.78 is 0. The van der Waals surface area contributed by atoms with E-state index in [0.29, 0.717) is 6.04 Å². The Morgan fingerprint density at radius 1 is 1.17 bits per heavy atom. The maximum absolute atomic E-state index is 5.24. The van der Waals surface area contributed by atoms with Gasteiger partial charge in [-0.25, -0.2) is 0 Å². The van der Waals surface area contributed by atoms with E-state index in [0.717, 1.165) is 38.6 Å². The number of benzene rings is 1. The molecule has 1 unspecified atom stereocenters. The summed E-state index contributed by atoms with van der Waals surface area (Å²) in [7, 11) is 0. The van der Waals surface area contributed by atoms with Gasteiger partial charge in [-0.3, -0.25) is 0 Å². The molecule has 0 spiro atoms. The van der Waals surface area contributed by atoms with Crippen molar-refractivity contribution in [3.63, 3.8) is 0 Å². The van der Waals surface area contributed by atoms with Crippen molar-refractivity contribution in [3.8, 4) is 12.3 Å². The molecular weight excluding hydrogens is 218 g/mol. The topological polar surface area (TPSA) is 12.0 Å². The van der Waals surface area contributed by atoms with Gasteiger partial charge < -0.3 is 5.32 Å². The van der Waals surface area contributed by atoms with Crippen molar-refractivity contribution in [1.82, 2.24) is 5.32 Å². The standard InChI is InChI=1S/C17H25N/c1-4-7-8-9-14-18-17(6-3)16-12-10-15(5-2)11-13-16/h1,10-13,17-18H,5-9,14H2,2-3H3. The van der Waals surface area contributed by atoms with Crippen LogP contribution in [0.1, 0.15) is 56.7 Å². The van der Waals surface area contributed by atoms with Crippen LogP contribution in [-0.2, 0) is 6.42 Å². The molecule has 18 heavy (non-hydrogen) atoms. The van der Waals surface area contributed by atoms with E-state index in [4.69, 9.17) is 6.42 Å². The van der Waals surface area contributed by atoms with Gasteiger partial charge in [0.2, 0.25) is 0 Å². The van der Waals surface area contributed by atoms with Crippen molar-refractivity contribution < 1.29 is 0 Å². The minimum atomic E-state index is 0.474. The zero-order valence-corrected chi connectivity index (χ0v) is 11.7. The molecule has 0 aliphatic heterocycles. The Morgan fingerprint density at radius 3 is 2.44 bits per heavy atom. The van der Waals surface area contributed by atoms with Gasteiger partial charge in [0, 0.05) is 12.5 Å². The summed E-state index contributed by atoms with van der Waals surface area (Å²) in [6.45, 7) is 5.47. The minimum absolute atomic E-state index is 0.474. The largest absolute Gasteiger partial charge is 0.310 e. The van der Waals surface area contributed by atoms with Crippen molar-refractivity contribution in [2.24, 2.45) is 0 Å². The van der Waals surface area contributed by atoms with Gasteiger partial charge in [-0.15, -0.1) is 12.3 Å². The summed E-state index contributed by atoms with van der Waals surface area (Å²) in [6, 6.07) is 9.44. The monoisotopic (exact) mass is 243 g/mol. The Morgan fingerprint density at radius 2 is 1.89 bits per heavy atom. The Kier molecular flexibility index (Phi) is 7.22. The highest BCUT2D eigenvalue weighted by Crippen LogP contribution is 2.17. The number of hydrogen-bond donors (Lipinski definition) is 1. The van der Waals surface area contributed by atoms with Crippen molar-refractivity contribution in [1.29, 1.82) is 0 Å². The molecule has 0 bridgehead atoms. The summed E-state index contributed by atoms with van der Waals surface area (Å²) in [4.78, 5) is 0. The quantitative estimate of drug-likeness (QED) is 0.535. The second-order valence-corrected chi connectivity index (χ2v) is 4.67. The normalized spacial score (nSPS) is 12.1. The van der Waals surface area contributed by atoms with Crippen LogP contribution in [0.15, 0.2) is 24.3 Å². The van der Waals surface area contributed by atoms with Crippen LogP contribution in [0.25, 0.3) is 0 Å². The lowest BCUT2D eigenvalue weighted by atomic mass is 10.0. The number of unbranched alkanes of at least 4 members (excludes halogenated alkanes) is 2. The Balaban J connectivity index is 2.42. The smallest absolute Gasteiger partial charge is 0.0317 e. The lowest BCUT2D eigenvalue weighted by molar-refractivity contribution is 0.505. The third-order valence-corrected chi connectivity index (χ3v) is 3.34. The van der Waals surface area contributed by atoms with E-state index in [9.17, 15) is 0 Å². The molecule has 1 atom stereocenters. The molecule has 1 aromatic carbocycles. The first-order valence-electron chi connectivity index (χ1n) is 7.07. The molecule has 0 fully saturated rings. The van der Waals surface area contributed by atoms with Crippen molar-refractivity contribution in [2.45, 2.75) is 52.0 Å². The van der Waals surface area contributed by atoms with Crippen LogP contribution >= 0.6 is 0 Å². The summed E-state index contributed by atoms with van der Waals surface area (Å²) in [5.41, 5.74) is 2.80. The van der Waals surface area contributed by atoms with Gasteiger partial charge in [0.15, 0.2) is 0 Å². The van der Waals surface area contributed by atoms with E-state index in [-0.39, 0.29) is 0 Å². The number of terminal acetylenes is 1. The predicted molar refractivity (Wildman–Crippen MR) is 79.5 cm³/mol. The summed E-state index contributed by atoms with van der Waals surface area (Å²) >= 11 is 0. The van der Waals surface area contributed by atoms with Gasteiger partial charge in [0.25, 0.3) is 0 Å². The minimum Gasteiger partial charge on any atom is -0.310 e. The van der Waals surface area contributed by atoms with Gasteiger partial charge in [-0.2, -0.15) is 0 Å². The van der Waals surface area contributed by atoms with Gasteiger partial charge in [0.05, 0.1) is 0 Å². The van der Waals surface area contributed by atoms with Crippen LogP contribution in [0.4, 0.5) is 0 Å². The van der Waals surface area contributed by atoms with Gasteiger partial charge in [-0.05, 0) is 43.4 Å². The van der Waals surface area contributed by atoms with E-state index >= 15 is 0 Å². The molecule has 0 aliphatic carbocycles. The van der Waals surface area contributed by atoms with Crippen LogP contribution in [0, 0.1) is 12.3 Å². The van der Waals surface area contributed by atoms with Gasteiger partial charge >= 0.3 is 0 Å². The van der Waals surface area contributed by atoms with Crippen LogP contribution in [0.5, 0.6) is 0 Å². The average Bonchev–Trinajstić information content (AvgIpc) is 2.43. The summed E-state index contributed by atoms with van der Waals surface area (Å²) in [5.74, 6) is 2.69. The molecule has 0 saturated carbocycles. The molecule has 0 aromatic heterocycles. The number of hydrogen-bond acceptors (Lipinski definition) is 1. The molecule has 0 radical (unpaired) electrons. The van der Waals surface area contributed by atoms with E-state index < -0.39 is 0 Å². The fourth-order valence-corrected chi connectivity index (χ4v) is 2.11. The molecule has 0 amide bonds. The van der Waals surface area contributed by atoms with E-state index in [1.54, 1.807) is 0 Å². The lowest BCUT2D eigenvalue weighted by Gasteiger charge is -2.17. The first kappa shape index (κ1) is 14.8. The predicted octanol–water partition coefficient (Wildman–Crippen LogP) is 4.09. The summed E-state index contributed by atoms with van der Waals surface area (Å²) in [6.07, 6.45) is 10.7. The molecule has 1 aromatic rings. The molecule has 98 valence electrons. The molecule has 1 N–H and O–H groups in total. The zero-order valence-electron chi connectivity index (χ0n) is 11.7. The fraction of sp³-hybridized carbons (Fsp3) is 0.529. The number of nitrogens with one attached hydrogen (secondary N) is 1. The molecule has 1 rings (SSSR count). The van der Waals surface area contributed by atoms with Crippen molar-refractivity contribution in [3.05, 3.63) is 35.4 Å². The molecule has 1 heteroatoms. The highest BCUT2D eigenvalue weighted by atomic mass is 14.9. The first-order chi connectivity index (χ1) is 8.81. The average molecular weight is 243 g/mol. The van der Waals surface area contributed by atoms with E-state index in [1.165, 1.54) is 11.1 Å². The van der Waals surface area contributed by atoms with Crippen LogP contribution < -0.4 is 5.32 Å². The number of aryl methyl sites for hydroxylation is 1. The van der Waals surface area contributed by atoms with Crippen LogP contribution in [0.3, 0.4) is 0 Å². The molecule has 0 heterocycles. The zero-order chi connectivity index (χ0) is 13.2. The van der Waals surface area contributed by atoms with Crippen LogP contribution in [-0.4, -0.2) is 6.54 Å². The maximum atomic E-state index is 5.24. The van der Waals surface area contributed by atoms with Crippen molar-refractivity contribution in [2.75, 3.05) is 6.54 Å². The highest BCUT2D eigenvalue weighted by molar-refractivity contribution is 5.24. The Hall–Kier alpha value is -1.26. The van der Waals surface area contributed by atoms with E-state index in [2.05, 4.69) is 49.4 Å². The Labute approximate surface area is 112 Å². The molecule has 0 saturated heterocycles. The maximum Gasteiger partial charge on any atom is 0.0317 e. The highest BCUT2D eigenvalue weighted by Gasteiger charge is 2.07. The second kappa shape index (κ2) is 8.78. The van der Waals surface area contributed by atoms with Gasteiger partial charge in [0.1, 0.15) is 0 Å². The SMILES string of the molecule is C#CCCCCNC(CC)c1ccc(CC)cc1. The molecule has 0 aliphatic rings. The van der Waals surface area contributed by atoms with Crippen molar-refractivity contribution >= 4 is 0 Å². The first-order valence-corrected chi connectivity index (χ1v) is 7.07. The van der Waals surface area contributed by atoms with Crippen LogP contribution in [0.2, 0.25) is 0 Å². The molecule has 1 nitrogen and oxygen atoms in total. The summed E-state index contributed by atoms with van der Waals surface area (Å²) in [5, 5.41) is 3.61. The Bertz CT molecular complexity index is 358. The third-order valence-electron chi connectivity index (χ3n) is 3.34. The molecular formula is C17H25N. The van der Waals surface area contributed by atoms with Gasteiger partial charge in [-0.1, -0.05) is 38.1 Å². The fourth-order valence-electron chi connectivity index (χ4n) is 2.11. The lowest BCUT2D eigenvalue weighted by Crippen LogP contribution is -2.21. The van der Waals surface area contributed by atoms with E-state index in [1.807, 2.05) is 0 Å². The second-order valence-electron chi connectivity index (χ2n) is 4.67. The third kappa shape index (κ3) is 4.94.